The van der Waals surface area contributed by atoms with Crippen molar-refractivity contribution in [3.05, 3.63) is 83.1 Å². The Morgan fingerprint density at radius 2 is 1.88 bits per heavy atom. The van der Waals surface area contributed by atoms with Crippen molar-refractivity contribution in [3.63, 3.8) is 0 Å². The highest BCUT2D eigenvalue weighted by Crippen LogP contribution is 2.35. The van der Waals surface area contributed by atoms with Crippen LogP contribution in [0.25, 0.3) is 0 Å². The van der Waals surface area contributed by atoms with Crippen molar-refractivity contribution in [1.82, 2.24) is 14.2 Å². The van der Waals surface area contributed by atoms with Crippen LogP contribution in [0.1, 0.15) is 34.6 Å². The summed E-state index contributed by atoms with van der Waals surface area (Å²) in [5.74, 6) is -1.03. The molecule has 212 valence electrons. The van der Waals surface area contributed by atoms with Gasteiger partial charge in [0.2, 0.25) is 10.0 Å². The number of aliphatic hydroxyl groups excluding tert-OH is 1. The molecule has 1 aliphatic heterocycles. The number of hydrogen-bond acceptors (Lipinski definition) is 7. The van der Waals surface area contributed by atoms with Crippen molar-refractivity contribution < 1.29 is 27.9 Å². The van der Waals surface area contributed by atoms with E-state index < -0.39 is 28.1 Å². The topological polar surface area (TPSA) is 129 Å². The summed E-state index contributed by atoms with van der Waals surface area (Å²) < 4.78 is 34.3. The van der Waals surface area contributed by atoms with Crippen molar-refractivity contribution in [3.8, 4) is 5.75 Å². The number of carbonyl (C=O) groups is 2. The van der Waals surface area contributed by atoms with E-state index in [1.165, 1.54) is 48.0 Å². The minimum absolute atomic E-state index is 0.0479. The quantitative estimate of drug-likeness (QED) is 0.413. The predicted octanol–water partition coefficient (Wildman–Crippen LogP) is 3.53. The van der Waals surface area contributed by atoms with Gasteiger partial charge in [-0.15, -0.1) is 0 Å². The molecule has 2 N–H and O–H groups in total. The SMILES string of the molecule is C[C@H]1CN([C@@H](C)CO)C(=O)c2cccc(NC(=O)c3ccncc3)c2O[C@@H]1CN(C)S(=O)(=O)c1ccc(Cl)cc1. The fourth-order valence-electron chi connectivity index (χ4n) is 4.40. The zero-order valence-corrected chi connectivity index (χ0v) is 23.9. The Morgan fingerprint density at radius 3 is 2.52 bits per heavy atom. The molecule has 12 heteroatoms. The van der Waals surface area contributed by atoms with E-state index in [4.69, 9.17) is 16.3 Å². The van der Waals surface area contributed by atoms with Crippen LogP contribution in [-0.2, 0) is 10.0 Å². The maximum Gasteiger partial charge on any atom is 0.258 e. The van der Waals surface area contributed by atoms with Crippen LogP contribution in [-0.4, -0.2) is 78.4 Å². The minimum Gasteiger partial charge on any atom is -0.486 e. The number of halogens is 1. The maximum absolute atomic E-state index is 13.6. The average molecular weight is 587 g/mol. The van der Waals surface area contributed by atoms with E-state index >= 15 is 0 Å². The molecular formula is C28H31ClN4O6S. The second-order valence-electron chi connectivity index (χ2n) is 9.73. The van der Waals surface area contributed by atoms with Crippen molar-refractivity contribution in [2.75, 3.05) is 32.1 Å². The number of amides is 2. The van der Waals surface area contributed by atoms with Gasteiger partial charge in [0.25, 0.3) is 11.8 Å². The Labute approximate surface area is 238 Å². The number of benzene rings is 2. The Morgan fingerprint density at radius 1 is 1.20 bits per heavy atom. The van der Waals surface area contributed by atoms with E-state index in [2.05, 4.69) is 10.3 Å². The molecule has 0 saturated heterocycles. The van der Waals surface area contributed by atoms with Crippen molar-refractivity contribution in [2.45, 2.75) is 30.9 Å². The number of para-hydroxylation sites is 1. The second kappa shape index (κ2) is 12.3. The first kappa shape index (κ1) is 29.5. The third-order valence-electron chi connectivity index (χ3n) is 6.84. The van der Waals surface area contributed by atoms with Gasteiger partial charge in [0.15, 0.2) is 5.75 Å². The fraction of sp³-hybridized carbons (Fsp3) is 0.321. The molecule has 0 spiro atoms. The monoisotopic (exact) mass is 586 g/mol. The number of nitrogens with one attached hydrogen (secondary N) is 1. The third kappa shape index (κ3) is 6.28. The van der Waals surface area contributed by atoms with Crippen molar-refractivity contribution in [2.24, 2.45) is 5.92 Å². The van der Waals surface area contributed by atoms with E-state index in [1.54, 1.807) is 42.2 Å². The average Bonchev–Trinajstić information content (AvgIpc) is 2.95. The van der Waals surface area contributed by atoms with E-state index in [-0.39, 0.29) is 53.4 Å². The van der Waals surface area contributed by atoms with Gasteiger partial charge in [0.1, 0.15) is 6.10 Å². The molecular weight excluding hydrogens is 556 g/mol. The van der Waals surface area contributed by atoms with Crippen molar-refractivity contribution in [1.29, 1.82) is 0 Å². The van der Waals surface area contributed by atoms with E-state index in [9.17, 15) is 23.1 Å². The Balaban J connectivity index is 1.72. The number of sulfonamides is 1. The van der Waals surface area contributed by atoms with Crippen LogP contribution in [0.2, 0.25) is 5.02 Å². The summed E-state index contributed by atoms with van der Waals surface area (Å²) in [5, 5.41) is 13.1. The number of likely N-dealkylation sites (N-methyl/N-ethyl adjacent to an activating group) is 1. The molecule has 1 aliphatic rings. The number of nitrogens with zero attached hydrogens (tertiary/aromatic N) is 3. The molecule has 0 bridgehead atoms. The van der Waals surface area contributed by atoms with Crippen LogP contribution in [0.3, 0.4) is 0 Å². The van der Waals surface area contributed by atoms with Gasteiger partial charge in [-0.25, -0.2) is 8.42 Å². The second-order valence-corrected chi connectivity index (χ2v) is 12.2. The largest absolute Gasteiger partial charge is 0.486 e. The molecule has 40 heavy (non-hydrogen) atoms. The Kier molecular flexibility index (Phi) is 9.09. The summed E-state index contributed by atoms with van der Waals surface area (Å²) in [6.45, 7) is 3.48. The minimum atomic E-state index is -3.89. The molecule has 2 heterocycles. The van der Waals surface area contributed by atoms with Crippen molar-refractivity contribution >= 4 is 39.1 Å². The summed E-state index contributed by atoms with van der Waals surface area (Å²) in [7, 11) is -2.43. The maximum atomic E-state index is 13.6. The number of carbonyl (C=O) groups excluding carboxylic acids is 2. The molecule has 0 aliphatic carbocycles. The summed E-state index contributed by atoms with van der Waals surface area (Å²) >= 11 is 5.94. The van der Waals surface area contributed by atoms with Crippen LogP contribution >= 0.6 is 11.6 Å². The number of rotatable bonds is 8. The molecule has 0 fully saturated rings. The first-order valence-corrected chi connectivity index (χ1v) is 14.5. The lowest BCUT2D eigenvalue weighted by Gasteiger charge is -2.38. The van der Waals surface area contributed by atoms with Gasteiger partial charge in [0.05, 0.1) is 35.3 Å². The summed E-state index contributed by atoms with van der Waals surface area (Å²) in [4.78, 5) is 32.2. The molecule has 0 saturated carbocycles. The van der Waals surface area contributed by atoms with Gasteiger partial charge in [-0.05, 0) is 55.5 Å². The van der Waals surface area contributed by atoms with E-state index in [0.717, 1.165) is 0 Å². The van der Waals surface area contributed by atoms with Crippen LogP contribution in [0.4, 0.5) is 5.69 Å². The van der Waals surface area contributed by atoms with Crippen LogP contribution in [0.15, 0.2) is 71.9 Å². The normalized spacial score (nSPS) is 18.4. The van der Waals surface area contributed by atoms with E-state index in [1.807, 2.05) is 6.92 Å². The lowest BCUT2D eigenvalue weighted by atomic mass is 9.99. The Hall–Kier alpha value is -3.51. The molecule has 3 aromatic rings. The van der Waals surface area contributed by atoms with Crippen LogP contribution in [0.5, 0.6) is 5.75 Å². The van der Waals surface area contributed by atoms with E-state index in [0.29, 0.717) is 10.6 Å². The smallest absolute Gasteiger partial charge is 0.258 e. The highest BCUT2D eigenvalue weighted by Gasteiger charge is 2.36. The molecule has 0 radical (unpaired) electrons. The summed E-state index contributed by atoms with van der Waals surface area (Å²) in [5.41, 5.74) is 0.804. The van der Waals surface area contributed by atoms with Gasteiger partial charge >= 0.3 is 0 Å². The first-order chi connectivity index (χ1) is 19.0. The number of aliphatic hydroxyl groups is 1. The zero-order valence-electron chi connectivity index (χ0n) is 22.3. The van der Waals surface area contributed by atoms with Crippen LogP contribution in [0, 0.1) is 5.92 Å². The summed E-state index contributed by atoms with van der Waals surface area (Å²) in [6.07, 6.45) is 2.27. The highest BCUT2D eigenvalue weighted by atomic mass is 35.5. The zero-order chi connectivity index (χ0) is 29.0. The van der Waals surface area contributed by atoms with Gasteiger partial charge in [-0.2, -0.15) is 4.31 Å². The van der Waals surface area contributed by atoms with Gasteiger partial charge in [-0.1, -0.05) is 24.6 Å². The lowest BCUT2D eigenvalue weighted by Crippen LogP contribution is -2.50. The molecule has 10 nitrogen and oxygen atoms in total. The van der Waals surface area contributed by atoms with Crippen LogP contribution < -0.4 is 10.1 Å². The number of aromatic nitrogens is 1. The molecule has 1 aromatic heterocycles. The molecule has 4 rings (SSSR count). The first-order valence-electron chi connectivity index (χ1n) is 12.7. The summed E-state index contributed by atoms with van der Waals surface area (Å²) in [6, 6.07) is 13.3. The highest BCUT2D eigenvalue weighted by molar-refractivity contribution is 7.89. The fourth-order valence-corrected chi connectivity index (χ4v) is 5.70. The number of ether oxygens (including phenoxy) is 1. The Bertz CT molecular complexity index is 1470. The third-order valence-corrected chi connectivity index (χ3v) is 8.93. The molecule has 3 atom stereocenters. The lowest BCUT2D eigenvalue weighted by molar-refractivity contribution is 0.0388. The van der Waals surface area contributed by atoms with Gasteiger partial charge in [0, 0.05) is 42.5 Å². The standard InChI is InChI=1S/C28H31ClN4O6S/c1-18-15-33(19(2)17-34)28(36)23-5-4-6-24(31-27(35)20-11-13-30-14-12-20)26(23)39-25(18)16-32(3)40(37,38)22-9-7-21(29)8-10-22/h4-14,18-19,25,34H,15-17H2,1-3H3,(H,31,35)/t18-,19-,25+/m0/s1. The number of anilines is 1. The number of hydrogen-bond donors (Lipinski definition) is 2. The van der Waals surface area contributed by atoms with Gasteiger partial charge < -0.3 is 20.1 Å². The predicted molar refractivity (Wildman–Crippen MR) is 151 cm³/mol. The molecule has 0 unspecified atom stereocenters. The van der Waals surface area contributed by atoms with Gasteiger partial charge in [-0.3, -0.25) is 14.6 Å². The molecule has 2 amide bonds. The molecule has 2 aromatic carbocycles. The number of pyridine rings is 1. The number of fused-ring (bicyclic) bond motifs is 1.